The molecule has 2 heterocycles. The Labute approximate surface area is 116 Å². The van der Waals surface area contributed by atoms with Crippen LogP contribution >= 0.6 is 15.9 Å². The van der Waals surface area contributed by atoms with Crippen LogP contribution in [-0.4, -0.2) is 19.7 Å². The lowest BCUT2D eigenvalue weighted by Gasteiger charge is -2.09. The summed E-state index contributed by atoms with van der Waals surface area (Å²) in [7, 11) is 0. The molecule has 0 amide bonds. The van der Waals surface area contributed by atoms with Gasteiger partial charge in [-0.25, -0.2) is 9.67 Å². The molecular formula is C12H7BrN6. The molecule has 3 rings (SSSR count). The normalized spacial score (nSPS) is 10.5. The topological polar surface area (TPSA) is 93.4 Å². The van der Waals surface area contributed by atoms with Crippen LogP contribution in [0.3, 0.4) is 0 Å². The Kier molecular flexibility index (Phi) is 2.65. The van der Waals surface area contributed by atoms with Crippen LogP contribution in [0.5, 0.6) is 0 Å². The zero-order chi connectivity index (χ0) is 13.4. The van der Waals surface area contributed by atoms with Crippen LogP contribution in [0, 0.1) is 11.3 Å². The molecule has 0 saturated heterocycles. The van der Waals surface area contributed by atoms with Crippen molar-refractivity contribution in [2.24, 2.45) is 0 Å². The first-order valence-corrected chi connectivity index (χ1v) is 6.14. The Morgan fingerprint density at radius 2 is 2.16 bits per heavy atom. The molecular weight excluding hydrogens is 308 g/mol. The highest BCUT2D eigenvalue weighted by atomic mass is 79.9. The van der Waals surface area contributed by atoms with E-state index in [9.17, 15) is 0 Å². The summed E-state index contributed by atoms with van der Waals surface area (Å²) in [6, 6.07) is 7.57. The molecule has 0 saturated carbocycles. The Morgan fingerprint density at radius 3 is 2.89 bits per heavy atom. The van der Waals surface area contributed by atoms with Gasteiger partial charge in [-0.15, -0.1) is 5.10 Å². The highest BCUT2D eigenvalue weighted by Crippen LogP contribution is 2.28. The zero-order valence-electron chi connectivity index (χ0n) is 9.58. The van der Waals surface area contributed by atoms with Crippen molar-refractivity contribution in [1.29, 1.82) is 5.26 Å². The zero-order valence-corrected chi connectivity index (χ0v) is 11.2. The number of benzene rings is 1. The Hall–Kier alpha value is -2.46. The van der Waals surface area contributed by atoms with E-state index in [1.165, 1.54) is 11.0 Å². The molecule has 0 aliphatic heterocycles. The summed E-state index contributed by atoms with van der Waals surface area (Å²) >= 11 is 3.42. The molecule has 3 aromatic rings. The number of fused-ring (bicyclic) bond motifs is 1. The van der Waals surface area contributed by atoms with Gasteiger partial charge in [0.2, 0.25) is 0 Å². The fraction of sp³-hybridized carbons (Fsp3) is 0. The second-order valence-electron chi connectivity index (χ2n) is 3.85. The molecule has 7 heteroatoms. The monoisotopic (exact) mass is 314 g/mol. The Bertz CT molecular complexity index is 811. The van der Waals surface area contributed by atoms with E-state index in [2.05, 4.69) is 31.0 Å². The number of nitrogens with two attached hydrogens (primary N) is 1. The minimum atomic E-state index is 0.0966. The Morgan fingerprint density at radius 1 is 1.32 bits per heavy atom. The van der Waals surface area contributed by atoms with Crippen molar-refractivity contribution in [3.8, 4) is 11.8 Å². The standard InChI is InChI=1S/C12H7BrN6/c13-7-1-2-10-8(3-7)12(9(15)5-16-10)19-6-17-11(4-14)18-19/h1-3,5-6H,15H2. The quantitative estimate of drug-likeness (QED) is 0.741. The lowest BCUT2D eigenvalue weighted by molar-refractivity contribution is 0.880. The summed E-state index contributed by atoms with van der Waals surface area (Å²) in [6.07, 6.45) is 3.03. The van der Waals surface area contributed by atoms with Crippen molar-refractivity contribution in [3.05, 3.63) is 41.0 Å². The van der Waals surface area contributed by atoms with Crippen molar-refractivity contribution in [2.45, 2.75) is 0 Å². The summed E-state index contributed by atoms with van der Waals surface area (Å²) in [5.41, 5.74) is 7.90. The second-order valence-corrected chi connectivity index (χ2v) is 4.76. The second kappa shape index (κ2) is 4.33. The number of nitrogens with zero attached hydrogens (tertiary/aromatic N) is 5. The largest absolute Gasteiger partial charge is 0.396 e. The molecule has 0 radical (unpaired) electrons. The smallest absolute Gasteiger partial charge is 0.252 e. The number of nitrogen functional groups attached to an aromatic ring is 1. The van der Waals surface area contributed by atoms with E-state index >= 15 is 0 Å². The minimum absolute atomic E-state index is 0.0966. The molecule has 0 atom stereocenters. The SMILES string of the molecule is N#Cc1ncn(-c2c(N)cnc3ccc(Br)cc23)n1. The van der Waals surface area contributed by atoms with Gasteiger partial charge >= 0.3 is 0 Å². The molecule has 92 valence electrons. The molecule has 1 aromatic carbocycles. The lowest BCUT2D eigenvalue weighted by Crippen LogP contribution is -2.03. The molecule has 2 aromatic heterocycles. The molecule has 0 spiro atoms. The van der Waals surface area contributed by atoms with E-state index < -0.39 is 0 Å². The van der Waals surface area contributed by atoms with E-state index in [4.69, 9.17) is 11.0 Å². The number of nitriles is 1. The van der Waals surface area contributed by atoms with E-state index in [1.54, 1.807) is 6.20 Å². The Balaban J connectivity index is 2.35. The maximum absolute atomic E-state index is 8.79. The predicted molar refractivity (Wildman–Crippen MR) is 73.5 cm³/mol. The number of hydrogen-bond acceptors (Lipinski definition) is 5. The maximum Gasteiger partial charge on any atom is 0.252 e. The van der Waals surface area contributed by atoms with Crippen LogP contribution in [0.25, 0.3) is 16.6 Å². The van der Waals surface area contributed by atoms with Gasteiger partial charge in [-0.3, -0.25) is 4.98 Å². The van der Waals surface area contributed by atoms with Gasteiger partial charge in [-0.2, -0.15) is 5.26 Å². The first-order chi connectivity index (χ1) is 9.19. The van der Waals surface area contributed by atoms with Crippen molar-refractivity contribution in [2.75, 3.05) is 5.73 Å². The van der Waals surface area contributed by atoms with Gasteiger partial charge in [0.25, 0.3) is 5.82 Å². The van der Waals surface area contributed by atoms with Crippen LogP contribution in [0.15, 0.2) is 35.2 Å². The summed E-state index contributed by atoms with van der Waals surface area (Å²) in [5, 5.41) is 13.7. The van der Waals surface area contributed by atoms with Gasteiger partial charge in [0.15, 0.2) is 0 Å². The molecule has 2 N–H and O–H groups in total. The van der Waals surface area contributed by atoms with Crippen LogP contribution in [0.1, 0.15) is 5.82 Å². The van der Waals surface area contributed by atoms with Gasteiger partial charge in [-0.1, -0.05) is 15.9 Å². The van der Waals surface area contributed by atoms with E-state index in [1.807, 2.05) is 24.3 Å². The third-order valence-electron chi connectivity index (χ3n) is 2.65. The van der Waals surface area contributed by atoms with Crippen LogP contribution in [0.2, 0.25) is 0 Å². The predicted octanol–water partition coefficient (Wildman–Crippen LogP) is 2.03. The first-order valence-electron chi connectivity index (χ1n) is 5.35. The number of anilines is 1. The summed E-state index contributed by atoms with van der Waals surface area (Å²) in [6.45, 7) is 0. The minimum Gasteiger partial charge on any atom is -0.396 e. The number of pyridine rings is 1. The summed E-state index contributed by atoms with van der Waals surface area (Å²) in [5.74, 6) is 0.0966. The average molecular weight is 315 g/mol. The molecule has 0 unspecified atom stereocenters. The fourth-order valence-corrected chi connectivity index (χ4v) is 2.21. The molecule has 0 fully saturated rings. The van der Waals surface area contributed by atoms with Crippen molar-refractivity contribution >= 4 is 32.5 Å². The highest BCUT2D eigenvalue weighted by molar-refractivity contribution is 9.10. The van der Waals surface area contributed by atoms with E-state index in [0.29, 0.717) is 11.4 Å². The van der Waals surface area contributed by atoms with E-state index in [-0.39, 0.29) is 5.82 Å². The fourth-order valence-electron chi connectivity index (χ4n) is 1.84. The molecule has 6 nitrogen and oxygen atoms in total. The van der Waals surface area contributed by atoms with Gasteiger partial charge in [0, 0.05) is 9.86 Å². The number of aromatic nitrogens is 4. The number of rotatable bonds is 1. The molecule has 0 aliphatic rings. The van der Waals surface area contributed by atoms with Gasteiger partial charge < -0.3 is 5.73 Å². The van der Waals surface area contributed by atoms with Crippen LogP contribution in [-0.2, 0) is 0 Å². The summed E-state index contributed by atoms with van der Waals surface area (Å²) in [4.78, 5) is 8.15. The molecule has 0 aliphatic carbocycles. The van der Waals surface area contributed by atoms with Crippen molar-refractivity contribution in [1.82, 2.24) is 19.7 Å². The van der Waals surface area contributed by atoms with Crippen molar-refractivity contribution in [3.63, 3.8) is 0 Å². The molecule has 0 bridgehead atoms. The first kappa shape index (κ1) is 11.6. The van der Waals surface area contributed by atoms with Gasteiger partial charge in [-0.05, 0) is 18.2 Å². The number of hydrogen-bond donors (Lipinski definition) is 1. The third-order valence-corrected chi connectivity index (χ3v) is 3.14. The lowest BCUT2D eigenvalue weighted by atomic mass is 10.1. The average Bonchev–Trinajstić information content (AvgIpc) is 2.87. The van der Waals surface area contributed by atoms with Crippen molar-refractivity contribution < 1.29 is 0 Å². The van der Waals surface area contributed by atoms with Gasteiger partial charge in [0.05, 0.1) is 17.4 Å². The third kappa shape index (κ3) is 1.92. The highest BCUT2D eigenvalue weighted by Gasteiger charge is 2.11. The van der Waals surface area contributed by atoms with Gasteiger partial charge in [0.1, 0.15) is 18.1 Å². The van der Waals surface area contributed by atoms with Crippen LogP contribution in [0.4, 0.5) is 5.69 Å². The van der Waals surface area contributed by atoms with Crippen LogP contribution < -0.4 is 5.73 Å². The molecule has 19 heavy (non-hydrogen) atoms. The number of halogens is 1. The van der Waals surface area contributed by atoms with E-state index in [0.717, 1.165) is 15.4 Å². The summed E-state index contributed by atoms with van der Waals surface area (Å²) < 4.78 is 2.40. The maximum atomic E-state index is 8.79.